The summed E-state index contributed by atoms with van der Waals surface area (Å²) in [5, 5.41) is 3.19. The molecule has 104 valence electrons. The highest BCUT2D eigenvalue weighted by Crippen LogP contribution is 2.23. The molecule has 0 unspecified atom stereocenters. The summed E-state index contributed by atoms with van der Waals surface area (Å²) < 4.78 is 0.775. The van der Waals surface area contributed by atoms with Crippen LogP contribution < -0.4 is 5.32 Å². The Labute approximate surface area is 122 Å². The average molecular weight is 326 g/mol. The van der Waals surface area contributed by atoms with Crippen LogP contribution in [0.4, 0.5) is 0 Å². The van der Waals surface area contributed by atoms with Crippen LogP contribution in [0, 0.1) is 5.92 Å². The van der Waals surface area contributed by atoms with Gasteiger partial charge in [0.2, 0.25) is 0 Å². The van der Waals surface area contributed by atoms with Gasteiger partial charge in [-0.25, -0.2) is 4.98 Å². The molecule has 1 aliphatic rings. The maximum absolute atomic E-state index is 12.4. The van der Waals surface area contributed by atoms with E-state index >= 15 is 0 Å². The first-order valence-corrected chi connectivity index (χ1v) is 7.56. The molecule has 0 aromatic carbocycles. The number of pyridine rings is 1. The van der Waals surface area contributed by atoms with E-state index in [0.29, 0.717) is 5.69 Å². The number of nitrogens with zero attached hydrogens (tertiary/aromatic N) is 2. The Morgan fingerprint density at radius 2 is 2.26 bits per heavy atom. The van der Waals surface area contributed by atoms with Crippen molar-refractivity contribution in [2.24, 2.45) is 5.92 Å². The summed E-state index contributed by atoms with van der Waals surface area (Å²) in [4.78, 5) is 18.5. The average Bonchev–Trinajstić information content (AvgIpc) is 2.45. The van der Waals surface area contributed by atoms with Gasteiger partial charge in [0.15, 0.2) is 0 Å². The van der Waals surface area contributed by atoms with Gasteiger partial charge in [0.1, 0.15) is 5.69 Å². The van der Waals surface area contributed by atoms with Crippen molar-refractivity contribution in [1.82, 2.24) is 15.2 Å². The van der Waals surface area contributed by atoms with Crippen molar-refractivity contribution in [2.45, 2.75) is 19.3 Å². The Morgan fingerprint density at radius 3 is 2.89 bits per heavy atom. The van der Waals surface area contributed by atoms with Crippen LogP contribution in [0.2, 0.25) is 0 Å². The van der Waals surface area contributed by atoms with Crippen molar-refractivity contribution in [3.63, 3.8) is 0 Å². The minimum absolute atomic E-state index is 0.0412. The first-order chi connectivity index (χ1) is 9.22. The molecule has 1 aliphatic heterocycles. The number of nitrogens with one attached hydrogen (secondary N) is 1. The third kappa shape index (κ3) is 3.76. The fourth-order valence-electron chi connectivity index (χ4n) is 2.47. The largest absolute Gasteiger partial charge is 0.337 e. The van der Waals surface area contributed by atoms with Crippen molar-refractivity contribution in [1.29, 1.82) is 0 Å². The highest BCUT2D eigenvalue weighted by Gasteiger charge is 2.25. The van der Waals surface area contributed by atoms with Crippen molar-refractivity contribution < 1.29 is 4.79 Å². The summed E-state index contributed by atoms with van der Waals surface area (Å²) in [5.74, 6) is 0.781. The number of hydrogen-bond donors (Lipinski definition) is 1. The van der Waals surface area contributed by atoms with E-state index in [-0.39, 0.29) is 5.91 Å². The summed E-state index contributed by atoms with van der Waals surface area (Å²) in [6.07, 6.45) is 5.05. The summed E-state index contributed by atoms with van der Waals surface area (Å²) in [7, 11) is 1.98. The highest BCUT2D eigenvalue weighted by molar-refractivity contribution is 9.10. The second kappa shape index (κ2) is 7.01. The van der Waals surface area contributed by atoms with Crippen LogP contribution in [0.1, 0.15) is 29.8 Å². The van der Waals surface area contributed by atoms with Gasteiger partial charge in [-0.1, -0.05) is 0 Å². The van der Waals surface area contributed by atoms with Crippen LogP contribution in [0.5, 0.6) is 0 Å². The summed E-state index contributed by atoms with van der Waals surface area (Å²) in [6, 6.07) is 3.69. The molecule has 0 saturated carbocycles. The van der Waals surface area contributed by atoms with E-state index in [4.69, 9.17) is 0 Å². The Bertz CT molecular complexity index is 430. The van der Waals surface area contributed by atoms with E-state index in [1.54, 1.807) is 6.20 Å². The standard InChI is InChI=1S/C14H20BrN3O/c1-16-8-4-11-5-9-18(10-6-11)14(19)13-12(15)3-2-7-17-13/h2-3,7,11,16H,4-6,8-10H2,1H3. The highest BCUT2D eigenvalue weighted by atomic mass is 79.9. The van der Waals surface area contributed by atoms with Crippen LogP contribution in [0.3, 0.4) is 0 Å². The molecule has 1 N–H and O–H groups in total. The fourth-order valence-corrected chi connectivity index (χ4v) is 2.89. The monoisotopic (exact) mass is 325 g/mol. The lowest BCUT2D eigenvalue weighted by molar-refractivity contribution is 0.0680. The van der Waals surface area contributed by atoms with Gasteiger partial charge in [-0.3, -0.25) is 4.79 Å². The molecular formula is C14H20BrN3O. The molecule has 1 aromatic rings. The Morgan fingerprint density at radius 1 is 1.53 bits per heavy atom. The van der Waals surface area contributed by atoms with Crippen LogP contribution in [-0.4, -0.2) is 42.5 Å². The number of halogens is 1. The number of aromatic nitrogens is 1. The number of hydrogen-bond acceptors (Lipinski definition) is 3. The molecule has 1 fully saturated rings. The normalized spacial score (nSPS) is 16.6. The second-order valence-corrected chi connectivity index (χ2v) is 5.82. The van der Waals surface area contributed by atoms with Gasteiger partial charge in [-0.15, -0.1) is 0 Å². The molecule has 0 radical (unpaired) electrons. The van der Waals surface area contributed by atoms with Gasteiger partial charge < -0.3 is 10.2 Å². The van der Waals surface area contributed by atoms with Crippen LogP contribution in [0.15, 0.2) is 22.8 Å². The molecule has 2 rings (SSSR count). The van der Waals surface area contributed by atoms with E-state index in [1.165, 1.54) is 6.42 Å². The molecule has 2 heterocycles. The second-order valence-electron chi connectivity index (χ2n) is 4.96. The molecule has 1 aromatic heterocycles. The molecule has 19 heavy (non-hydrogen) atoms. The number of carbonyl (C=O) groups excluding carboxylic acids is 1. The van der Waals surface area contributed by atoms with Crippen LogP contribution in [0.25, 0.3) is 0 Å². The zero-order valence-electron chi connectivity index (χ0n) is 11.2. The molecule has 4 nitrogen and oxygen atoms in total. The van der Waals surface area contributed by atoms with Crippen molar-refractivity contribution in [3.05, 3.63) is 28.5 Å². The lowest BCUT2D eigenvalue weighted by Crippen LogP contribution is -2.39. The zero-order chi connectivity index (χ0) is 13.7. The fraction of sp³-hybridized carbons (Fsp3) is 0.571. The predicted octanol–water partition coefficient (Wildman–Crippen LogP) is 2.31. The first kappa shape index (κ1) is 14.5. The zero-order valence-corrected chi connectivity index (χ0v) is 12.8. The lowest BCUT2D eigenvalue weighted by atomic mass is 9.93. The third-order valence-electron chi connectivity index (χ3n) is 3.67. The van der Waals surface area contributed by atoms with E-state index < -0.39 is 0 Å². The number of amides is 1. The first-order valence-electron chi connectivity index (χ1n) is 6.76. The summed E-state index contributed by atoms with van der Waals surface area (Å²) in [6.45, 7) is 2.75. The molecule has 5 heteroatoms. The predicted molar refractivity (Wildman–Crippen MR) is 79.1 cm³/mol. The Hall–Kier alpha value is -0.940. The van der Waals surface area contributed by atoms with Crippen LogP contribution in [-0.2, 0) is 0 Å². The number of rotatable bonds is 4. The van der Waals surface area contributed by atoms with Crippen molar-refractivity contribution in [2.75, 3.05) is 26.7 Å². The molecule has 1 amide bonds. The SMILES string of the molecule is CNCCC1CCN(C(=O)c2ncccc2Br)CC1. The maximum Gasteiger partial charge on any atom is 0.273 e. The lowest BCUT2D eigenvalue weighted by Gasteiger charge is -2.32. The molecule has 0 aliphatic carbocycles. The third-order valence-corrected chi connectivity index (χ3v) is 4.31. The van der Waals surface area contributed by atoms with E-state index in [2.05, 4.69) is 26.2 Å². The molecular weight excluding hydrogens is 306 g/mol. The minimum atomic E-state index is 0.0412. The number of likely N-dealkylation sites (tertiary alicyclic amines) is 1. The van der Waals surface area contributed by atoms with Crippen molar-refractivity contribution in [3.8, 4) is 0 Å². The van der Waals surface area contributed by atoms with Gasteiger partial charge >= 0.3 is 0 Å². The topological polar surface area (TPSA) is 45.2 Å². The van der Waals surface area contributed by atoms with Crippen LogP contribution >= 0.6 is 15.9 Å². The van der Waals surface area contributed by atoms with Gasteiger partial charge in [-0.05, 0) is 66.8 Å². The number of carbonyl (C=O) groups is 1. The molecule has 0 atom stereocenters. The molecule has 0 spiro atoms. The summed E-state index contributed by atoms with van der Waals surface area (Å²) in [5.41, 5.74) is 0.524. The molecule has 0 bridgehead atoms. The van der Waals surface area contributed by atoms with Gasteiger partial charge in [0.25, 0.3) is 5.91 Å². The number of piperidine rings is 1. The van der Waals surface area contributed by atoms with Gasteiger partial charge in [0.05, 0.1) is 0 Å². The van der Waals surface area contributed by atoms with E-state index in [0.717, 1.165) is 42.9 Å². The van der Waals surface area contributed by atoms with Gasteiger partial charge in [-0.2, -0.15) is 0 Å². The Kier molecular flexibility index (Phi) is 5.34. The smallest absolute Gasteiger partial charge is 0.273 e. The minimum Gasteiger partial charge on any atom is -0.337 e. The van der Waals surface area contributed by atoms with E-state index in [9.17, 15) is 4.79 Å². The quantitative estimate of drug-likeness (QED) is 0.923. The maximum atomic E-state index is 12.4. The Balaban J connectivity index is 1.91. The van der Waals surface area contributed by atoms with E-state index in [1.807, 2.05) is 24.1 Å². The van der Waals surface area contributed by atoms with Crippen molar-refractivity contribution >= 4 is 21.8 Å². The molecule has 1 saturated heterocycles. The summed E-state index contributed by atoms with van der Waals surface area (Å²) >= 11 is 3.39. The van der Waals surface area contributed by atoms with Gasteiger partial charge in [0, 0.05) is 23.8 Å².